The van der Waals surface area contributed by atoms with Gasteiger partial charge in [0, 0.05) is 30.0 Å². The average Bonchev–Trinajstić information content (AvgIpc) is 3.19. The van der Waals surface area contributed by atoms with Crippen LogP contribution < -0.4 is 4.90 Å². The molecule has 0 saturated carbocycles. The number of halogens is 3. The molecular formula is C24H25F3N2O3. The topological polar surface area (TPSA) is 84.6 Å². The molecule has 2 aromatic carbocycles. The highest BCUT2D eigenvalue weighted by atomic mass is 19.4. The minimum absolute atomic E-state index is 0.00924. The smallest absolute Gasteiger partial charge is 0.394 e. The Kier molecular flexibility index (Phi) is 7.22. The van der Waals surface area contributed by atoms with E-state index in [1.807, 2.05) is 17.9 Å². The standard InChI is InChI=1S/C24H25F3N2O3/c1-15-5-4-12-29(15)23-18-7-3-2-6-16(18)8-10-19(23)22(24(25,26)27)20(13-28)21(32)11-9-17(31)14-30/h2-3,6-8,10,15,17,30-31H,4-5,9,11-12,14H2,1H3/b22-20-. The van der Waals surface area contributed by atoms with Crippen LogP contribution >= 0.6 is 0 Å². The molecule has 2 N–H and O–H groups in total. The number of rotatable bonds is 7. The van der Waals surface area contributed by atoms with Gasteiger partial charge in [0.2, 0.25) is 0 Å². The van der Waals surface area contributed by atoms with Crippen LogP contribution in [0.25, 0.3) is 16.3 Å². The number of ketones is 1. The van der Waals surface area contributed by atoms with Crippen molar-refractivity contribution in [1.82, 2.24) is 0 Å². The summed E-state index contributed by atoms with van der Waals surface area (Å²) in [5.74, 6) is -1.01. The van der Waals surface area contributed by atoms with Crippen LogP contribution in [0.1, 0.15) is 38.2 Å². The quantitative estimate of drug-likeness (QED) is 0.487. The van der Waals surface area contributed by atoms with E-state index in [0.717, 1.165) is 18.2 Å². The summed E-state index contributed by atoms with van der Waals surface area (Å²) in [4.78, 5) is 14.5. The number of anilines is 1. The third kappa shape index (κ3) is 4.79. The van der Waals surface area contributed by atoms with Crippen molar-refractivity contribution in [2.45, 2.75) is 50.9 Å². The molecule has 1 heterocycles. The zero-order valence-electron chi connectivity index (χ0n) is 17.7. The molecule has 1 aliphatic rings. The molecule has 1 fully saturated rings. The highest BCUT2D eigenvalue weighted by Gasteiger charge is 2.42. The van der Waals surface area contributed by atoms with Crippen LogP contribution in [0, 0.1) is 11.3 Å². The Morgan fingerprint density at radius 3 is 2.59 bits per heavy atom. The molecule has 1 aliphatic heterocycles. The number of Topliss-reactive ketones (excluding diaryl/α,β-unsaturated/α-hetero) is 1. The first kappa shape index (κ1) is 23.8. The van der Waals surface area contributed by atoms with Crippen molar-refractivity contribution in [1.29, 1.82) is 5.26 Å². The van der Waals surface area contributed by atoms with Gasteiger partial charge in [-0.15, -0.1) is 0 Å². The third-order valence-corrected chi connectivity index (χ3v) is 5.85. The molecule has 0 amide bonds. The molecule has 0 aliphatic carbocycles. The number of allylic oxidation sites excluding steroid dienone is 2. The van der Waals surface area contributed by atoms with Gasteiger partial charge in [-0.3, -0.25) is 4.79 Å². The van der Waals surface area contributed by atoms with Crippen LogP contribution in [0.3, 0.4) is 0 Å². The van der Waals surface area contributed by atoms with Crippen molar-refractivity contribution >= 4 is 27.8 Å². The molecule has 2 unspecified atom stereocenters. The van der Waals surface area contributed by atoms with Gasteiger partial charge in [-0.25, -0.2) is 0 Å². The molecule has 170 valence electrons. The van der Waals surface area contributed by atoms with Crippen LogP contribution in [0.15, 0.2) is 42.0 Å². The van der Waals surface area contributed by atoms with Crippen LogP contribution in [0.2, 0.25) is 0 Å². The fourth-order valence-electron chi connectivity index (χ4n) is 4.23. The van der Waals surface area contributed by atoms with E-state index in [0.29, 0.717) is 17.6 Å². The first-order valence-corrected chi connectivity index (χ1v) is 10.5. The van der Waals surface area contributed by atoms with Gasteiger partial charge in [0.15, 0.2) is 5.78 Å². The SMILES string of the molecule is CC1CCCN1c1c(/C(=C(\C#N)C(=O)CCC(O)CO)C(F)(F)F)ccc2ccccc12. The van der Waals surface area contributed by atoms with Gasteiger partial charge in [0.25, 0.3) is 0 Å². The Bertz CT molecular complexity index is 1070. The van der Waals surface area contributed by atoms with Gasteiger partial charge < -0.3 is 15.1 Å². The Labute approximate surface area is 184 Å². The highest BCUT2D eigenvalue weighted by Crippen LogP contribution is 2.45. The van der Waals surface area contributed by atoms with E-state index in [1.165, 1.54) is 12.1 Å². The number of fused-ring (bicyclic) bond motifs is 1. The number of carbonyl (C=O) groups is 1. The van der Waals surface area contributed by atoms with Crippen LogP contribution in [-0.4, -0.2) is 47.5 Å². The summed E-state index contributed by atoms with van der Waals surface area (Å²) in [5.41, 5.74) is -2.07. The molecule has 1 saturated heterocycles. The number of hydrogen-bond donors (Lipinski definition) is 2. The number of aliphatic hydroxyl groups is 2. The Balaban J connectivity index is 2.27. The maximum absolute atomic E-state index is 14.4. The Hall–Kier alpha value is -2.89. The van der Waals surface area contributed by atoms with E-state index < -0.39 is 42.2 Å². The van der Waals surface area contributed by atoms with Gasteiger partial charge in [0.05, 0.1) is 24.0 Å². The maximum atomic E-state index is 14.4. The lowest BCUT2D eigenvalue weighted by Crippen LogP contribution is -2.29. The largest absolute Gasteiger partial charge is 0.418 e. The van der Waals surface area contributed by atoms with Crippen molar-refractivity contribution in [3.8, 4) is 6.07 Å². The second-order valence-electron chi connectivity index (χ2n) is 8.03. The number of hydrogen-bond acceptors (Lipinski definition) is 5. The number of nitriles is 1. The third-order valence-electron chi connectivity index (χ3n) is 5.85. The number of alkyl halides is 3. The minimum atomic E-state index is -4.95. The maximum Gasteiger partial charge on any atom is 0.418 e. The van der Waals surface area contributed by atoms with Gasteiger partial charge in [-0.2, -0.15) is 18.4 Å². The lowest BCUT2D eigenvalue weighted by atomic mass is 9.91. The van der Waals surface area contributed by atoms with Crippen LogP contribution in [-0.2, 0) is 4.79 Å². The predicted octanol–water partition coefficient (Wildman–Crippen LogP) is 4.37. The summed E-state index contributed by atoms with van der Waals surface area (Å²) < 4.78 is 43.1. The van der Waals surface area contributed by atoms with Gasteiger partial charge >= 0.3 is 6.18 Å². The van der Waals surface area contributed by atoms with E-state index in [4.69, 9.17) is 5.11 Å². The minimum Gasteiger partial charge on any atom is -0.394 e. The van der Waals surface area contributed by atoms with E-state index >= 15 is 0 Å². The molecule has 32 heavy (non-hydrogen) atoms. The first-order valence-electron chi connectivity index (χ1n) is 10.5. The zero-order valence-corrected chi connectivity index (χ0v) is 17.7. The summed E-state index contributed by atoms with van der Waals surface area (Å²) in [6.07, 6.45) is -5.24. The van der Waals surface area contributed by atoms with Crippen molar-refractivity contribution in [3.63, 3.8) is 0 Å². The monoisotopic (exact) mass is 446 g/mol. The average molecular weight is 446 g/mol. The summed E-state index contributed by atoms with van der Waals surface area (Å²) in [6.45, 7) is 1.90. The first-order chi connectivity index (χ1) is 15.2. The van der Waals surface area contributed by atoms with Gasteiger partial charge in [-0.1, -0.05) is 36.4 Å². The number of carbonyl (C=O) groups excluding carboxylic acids is 1. The Morgan fingerprint density at radius 1 is 1.28 bits per heavy atom. The number of benzene rings is 2. The molecule has 8 heteroatoms. The lowest BCUT2D eigenvalue weighted by Gasteiger charge is -2.29. The fourth-order valence-corrected chi connectivity index (χ4v) is 4.23. The molecular weight excluding hydrogens is 421 g/mol. The van der Waals surface area contributed by atoms with Crippen molar-refractivity contribution in [2.24, 2.45) is 0 Å². The highest BCUT2D eigenvalue weighted by molar-refractivity contribution is 6.10. The molecule has 0 spiro atoms. The molecule has 0 aromatic heterocycles. The number of nitrogens with zero attached hydrogens (tertiary/aromatic N) is 2. The predicted molar refractivity (Wildman–Crippen MR) is 116 cm³/mol. The van der Waals surface area contributed by atoms with E-state index in [1.54, 1.807) is 24.3 Å². The van der Waals surface area contributed by atoms with Crippen LogP contribution in [0.5, 0.6) is 0 Å². The normalized spacial score (nSPS) is 18.4. The summed E-state index contributed by atoms with van der Waals surface area (Å²) in [5, 5.41) is 29.4. The molecule has 0 bridgehead atoms. The molecule has 0 radical (unpaired) electrons. The van der Waals surface area contributed by atoms with Crippen molar-refractivity contribution in [3.05, 3.63) is 47.5 Å². The van der Waals surface area contributed by atoms with E-state index in [-0.39, 0.29) is 18.0 Å². The second-order valence-corrected chi connectivity index (χ2v) is 8.03. The van der Waals surface area contributed by atoms with E-state index in [2.05, 4.69) is 0 Å². The summed E-state index contributed by atoms with van der Waals surface area (Å²) in [7, 11) is 0. The molecule has 5 nitrogen and oxygen atoms in total. The van der Waals surface area contributed by atoms with Crippen molar-refractivity contribution in [2.75, 3.05) is 18.1 Å². The van der Waals surface area contributed by atoms with Crippen molar-refractivity contribution < 1.29 is 28.2 Å². The molecule has 3 rings (SSSR count). The van der Waals surface area contributed by atoms with Gasteiger partial charge in [-0.05, 0) is 31.6 Å². The zero-order chi connectivity index (χ0) is 23.5. The van der Waals surface area contributed by atoms with Gasteiger partial charge in [0.1, 0.15) is 11.6 Å². The van der Waals surface area contributed by atoms with E-state index in [9.17, 15) is 28.3 Å². The number of aliphatic hydroxyl groups excluding tert-OH is 2. The summed E-state index contributed by atoms with van der Waals surface area (Å²) in [6, 6.07) is 11.5. The summed E-state index contributed by atoms with van der Waals surface area (Å²) >= 11 is 0. The molecule has 2 aromatic rings. The fraction of sp³-hybridized carbons (Fsp3) is 0.417. The lowest BCUT2D eigenvalue weighted by molar-refractivity contribution is -0.116. The molecule has 2 atom stereocenters. The van der Waals surface area contributed by atoms with Crippen LogP contribution in [0.4, 0.5) is 18.9 Å². The Morgan fingerprint density at radius 2 is 2.00 bits per heavy atom. The second kappa shape index (κ2) is 9.72.